The zero-order valence-electron chi connectivity index (χ0n) is 17.1. The number of rotatable bonds is 6. The Kier molecular flexibility index (Phi) is 6.42. The van der Waals surface area contributed by atoms with Crippen molar-refractivity contribution in [3.05, 3.63) is 65.7 Å². The molecule has 6 heteroatoms. The molecule has 1 aliphatic heterocycles. The summed E-state index contributed by atoms with van der Waals surface area (Å²) < 4.78 is 11.3. The van der Waals surface area contributed by atoms with Gasteiger partial charge in [-0.15, -0.1) is 0 Å². The highest BCUT2D eigenvalue weighted by Crippen LogP contribution is 2.17. The van der Waals surface area contributed by atoms with Crippen LogP contribution in [-0.2, 0) is 22.3 Å². The van der Waals surface area contributed by atoms with Gasteiger partial charge in [-0.3, -0.25) is 0 Å². The van der Waals surface area contributed by atoms with Crippen molar-refractivity contribution >= 4 is 12.0 Å². The summed E-state index contributed by atoms with van der Waals surface area (Å²) in [5.74, 6) is 0.702. The van der Waals surface area contributed by atoms with Gasteiger partial charge in [0.2, 0.25) is 5.90 Å². The van der Waals surface area contributed by atoms with Gasteiger partial charge in [-0.25, -0.2) is 9.79 Å². The molecule has 3 rings (SSSR count). The van der Waals surface area contributed by atoms with Crippen molar-refractivity contribution in [2.24, 2.45) is 4.99 Å². The van der Waals surface area contributed by atoms with Crippen LogP contribution >= 0.6 is 0 Å². The quantitative estimate of drug-likeness (QED) is 0.777. The molecule has 0 aromatic heterocycles. The summed E-state index contributed by atoms with van der Waals surface area (Å²) in [4.78, 5) is 17.1. The number of phenols is 1. The van der Waals surface area contributed by atoms with Gasteiger partial charge in [0, 0.05) is 6.42 Å². The Bertz CT molecular complexity index is 841. The first kappa shape index (κ1) is 20.7. The van der Waals surface area contributed by atoms with Crippen LogP contribution in [0.5, 0.6) is 5.75 Å². The number of hydrogen-bond acceptors (Lipinski definition) is 5. The van der Waals surface area contributed by atoms with Gasteiger partial charge in [0.1, 0.15) is 24.0 Å². The topological polar surface area (TPSA) is 80.2 Å². The van der Waals surface area contributed by atoms with Gasteiger partial charge in [-0.1, -0.05) is 42.5 Å². The summed E-state index contributed by atoms with van der Waals surface area (Å²) in [6.07, 6.45) is 0.748. The maximum Gasteiger partial charge on any atom is 0.408 e. The molecule has 0 saturated heterocycles. The summed E-state index contributed by atoms with van der Waals surface area (Å²) in [7, 11) is 0. The van der Waals surface area contributed by atoms with Gasteiger partial charge in [-0.2, -0.15) is 0 Å². The van der Waals surface area contributed by atoms with Gasteiger partial charge < -0.3 is 19.9 Å². The van der Waals surface area contributed by atoms with Crippen LogP contribution < -0.4 is 5.32 Å². The van der Waals surface area contributed by atoms with E-state index < -0.39 is 17.7 Å². The zero-order valence-corrected chi connectivity index (χ0v) is 17.1. The number of phenolic OH excluding ortho intramolecular Hbond substituents is 1. The van der Waals surface area contributed by atoms with Crippen molar-refractivity contribution in [1.82, 2.24) is 5.32 Å². The van der Waals surface area contributed by atoms with Gasteiger partial charge in [0.15, 0.2) is 0 Å². The molecule has 29 heavy (non-hydrogen) atoms. The maximum absolute atomic E-state index is 12.4. The van der Waals surface area contributed by atoms with Crippen molar-refractivity contribution in [2.75, 3.05) is 6.61 Å². The largest absolute Gasteiger partial charge is 0.508 e. The van der Waals surface area contributed by atoms with E-state index in [0.717, 1.165) is 12.0 Å². The van der Waals surface area contributed by atoms with Crippen LogP contribution in [0, 0.1) is 0 Å². The minimum absolute atomic E-state index is 0.00940. The number of amides is 1. The Morgan fingerprint density at radius 3 is 2.52 bits per heavy atom. The van der Waals surface area contributed by atoms with Crippen LogP contribution in [0.1, 0.15) is 31.9 Å². The predicted molar refractivity (Wildman–Crippen MR) is 112 cm³/mol. The van der Waals surface area contributed by atoms with Crippen LogP contribution in [0.3, 0.4) is 0 Å². The third-order valence-electron chi connectivity index (χ3n) is 4.41. The van der Waals surface area contributed by atoms with E-state index in [0.29, 0.717) is 18.9 Å². The number of nitrogens with one attached hydrogen (secondary N) is 1. The van der Waals surface area contributed by atoms with E-state index in [1.54, 1.807) is 12.1 Å². The van der Waals surface area contributed by atoms with E-state index in [2.05, 4.69) is 17.4 Å². The van der Waals surface area contributed by atoms with E-state index in [1.165, 1.54) is 5.56 Å². The van der Waals surface area contributed by atoms with Crippen LogP contribution in [-0.4, -0.2) is 41.4 Å². The highest BCUT2D eigenvalue weighted by atomic mass is 16.6. The monoisotopic (exact) mass is 396 g/mol. The normalized spacial score (nSPS) is 17.2. The summed E-state index contributed by atoms with van der Waals surface area (Å²) in [5.41, 5.74) is 1.55. The molecule has 2 atom stereocenters. The minimum Gasteiger partial charge on any atom is -0.508 e. The molecular weight excluding hydrogens is 368 g/mol. The Morgan fingerprint density at radius 1 is 1.17 bits per heavy atom. The molecule has 1 aliphatic rings. The van der Waals surface area contributed by atoms with E-state index in [4.69, 9.17) is 14.5 Å². The van der Waals surface area contributed by atoms with Crippen LogP contribution in [0.15, 0.2) is 59.6 Å². The van der Waals surface area contributed by atoms with Gasteiger partial charge in [-0.05, 0) is 50.5 Å². The van der Waals surface area contributed by atoms with Crippen molar-refractivity contribution in [3.8, 4) is 5.75 Å². The third-order valence-corrected chi connectivity index (χ3v) is 4.41. The molecule has 2 aromatic rings. The maximum atomic E-state index is 12.4. The van der Waals surface area contributed by atoms with Crippen LogP contribution in [0.2, 0.25) is 0 Å². The molecule has 1 heterocycles. The van der Waals surface area contributed by atoms with Gasteiger partial charge in [0.05, 0.1) is 6.04 Å². The number of hydrogen-bond donors (Lipinski definition) is 2. The second-order valence-electron chi connectivity index (χ2n) is 8.19. The Balaban J connectivity index is 1.73. The molecule has 0 unspecified atom stereocenters. The molecule has 0 bridgehead atoms. The number of alkyl carbamates (subject to hydrolysis) is 1. The number of ether oxygens (including phenoxy) is 2. The van der Waals surface area contributed by atoms with Crippen LogP contribution in [0.4, 0.5) is 4.79 Å². The highest BCUT2D eigenvalue weighted by Gasteiger charge is 2.29. The van der Waals surface area contributed by atoms with E-state index in [-0.39, 0.29) is 11.8 Å². The summed E-state index contributed by atoms with van der Waals surface area (Å²) in [6, 6.07) is 16.6. The van der Waals surface area contributed by atoms with Crippen molar-refractivity contribution in [1.29, 1.82) is 0 Å². The lowest BCUT2D eigenvalue weighted by molar-refractivity contribution is 0.0513. The molecule has 0 aliphatic carbocycles. The molecule has 0 radical (unpaired) electrons. The fraction of sp³-hybridized carbons (Fsp3) is 0.391. The predicted octanol–water partition coefficient (Wildman–Crippen LogP) is 3.87. The highest BCUT2D eigenvalue weighted by molar-refractivity contribution is 5.87. The lowest BCUT2D eigenvalue weighted by atomic mass is 10.1. The molecule has 2 N–H and O–H groups in total. The number of benzene rings is 2. The molecule has 1 amide bonds. The lowest BCUT2D eigenvalue weighted by Gasteiger charge is -2.23. The second kappa shape index (κ2) is 8.99. The van der Waals surface area contributed by atoms with Gasteiger partial charge in [0.25, 0.3) is 0 Å². The molecule has 6 nitrogen and oxygen atoms in total. The van der Waals surface area contributed by atoms with Crippen LogP contribution in [0.25, 0.3) is 0 Å². The van der Waals surface area contributed by atoms with E-state index in [1.807, 2.05) is 51.1 Å². The average molecular weight is 396 g/mol. The number of nitrogens with zero attached hydrogens (tertiary/aromatic N) is 1. The first-order chi connectivity index (χ1) is 13.8. The molecule has 0 spiro atoms. The Morgan fingerprint density at radius 2 is 1.86 bits per heavy atom. The molecule has 154 valence electrons. The average Bonchev–Trinajstić information content (AvgIpc) is 3.11. The van der Waals surface area contributed by atoms with Crippen molar-refractivity contribution in [3.63, 3.8) is 0 Å². The summed E-state index contributed by atoms with van der Waals surface area (Å²) in [5, 5.41) is 12.4. The number of carbonyl (C=O) groups is 1. The summed E-state index contributed by atoms with van der Waals surface area (Å²) in [6.45, 7) is 5.94. The first-order valence-electron chi connectivity index (χ1n) is 9.80. The number of carbonyl (C=O) groups excluding carboxylic acids is 1. The molecule has 2 aromatic carbocycles. The minimum atomic E-state index is -0.596. The Labute approximate surface area is 171 Å². The third kappa shape index (κ3) is 6.52. The van der Waals surface area contributed by atoms with E-state index in [9.17, 15) is 9.90 Å². The molecule has 0 fully saturated rings. The SMILES string of the molecule is CC(C)(C)OC(=O)N[C@@H](Cc1ccc(O)cc1)C1=N[C@@H](Cc2ccccc2)CO1. The van der Waals surface area contributed by atoms with Gasteiger partial charge >= 0.3 is 6.09 Å². The standard InChI is InChI=1S/C23H28N2O4/c1-23(2,3)29-22(27)25-20(14-17-9-11-19(26)12-10-17)21-24-18(15-28-21)13-16-7-5-4-6-8-16/h4-12,18,20,26H,13-15H2,1-3H3,(H,25,27)/t18-,20-/m0/s1. The zero-order chi connectivity index (χ0) is 20.9. The fourth-order valence-electron chi connectivity index (χ4n) is 3.13. The Hall–Kier alpha value is -3.02. The van der Waals surface area contributed by atoms with E-state index >= 15 is 0 Å². The lowest BCUT2D eigenvalue weighted by Crippen LogP contribution is -2.44. The second-order valence-corrected chi connectivity index (χ2v) is 8.19. The summed E-state index contributed by atoms with van der Waals surface area (Å²) >= 11 is 0. The fourth-order valence-corrected chi connectivity index (χ4v) is 3.13. The number of aliphatic imine (C=N–C) groups is 1. The molecular formula is C23H28N2O4. The first-order valence-corrected chi connectivity index (χ1v) is 9.80. The smallest absolute Gasteiger partial charge is 0.408 e. The number of aromatic hydroxyl groups is 1. The molecule has 0 saturated carbocycles. The van der Waals surface area contributed by atoms with Crippen molar-refractivity contribution < 1.29 is 19.4 Å². The van der Waals surface area contributed by atoms with Crippen molar-refractivity contribution in [2.45, 2.75) is 51.3 Å².